The smallest absolute Gasteiger partial charge is 0.149 e. The molecule has 52 heavy (non-hydrogen) atoms. The number of imidazole rings is 1. The topological polar surface area (TPSA) is 50.9 Å². The largest absolute Gasteiger partial charge is 0.507 e. The molecule has 2 aromatic heterocycles. The van der Waals surface area contributed by atoms with E-state index in [-0.39, 0.29) is 5.75 Å². The van der Waals surface area contributed by atoms with E-state index in [1.54, 1.807) is 6.07 Å². The fraction of sp³-hybridized carbons (Fsp3) is 0.0417. The average molecular weight is 668 g/mol. The molecule has 0 fully saturated rings. The standard InChI is InChI=1S/C48H33N3O/c52-43-28-12-11-23-40(43)48-50-46-41(45-38-22-10-9-21-37(38)39-30-29-33-19-7-8-20-34(33)44(39)49-45)26-14-27-42(46)51(48)47-35(31-15-3-1-4-16-31)24-13-25-36(47)32-17-5-2-6-18-32/h1-28,52H,29-30H2. The van der Waals surface area contributed by atoms with Crippen LogP contribution < -0.4 is 0 Å². The van der Waals surface area contributed by atoms with Crippen LogP contribution in [-0.2, 0) is 12.8 Å². The minimum Gasteiger partial charge on any atom is -0.507 e. The number of phenolic OH excluding ortho intramolecular Hbond substituents is 1. The van der Waals surface area contributed by atoms with Crippen molar-refractivity contribution in [1.82, 2.24) is 14.5 Å². The van der Waals surface area contributed by atoms with E-state index in [1.165, 1.54) is 22.1 Å². The van der Waals surface area contributed by atoms with Crippen molar-refractivity contribution in [3.63, 3.8) is 0 Å². The Morgan fingerprint density at radius 1 is 0.442 bits per heavy atom. The highest BCUT2D eigenvalue weighted by molar-refractivity contribution is 6.06. The first kappa shape index (κ1) is 30.1. The molecule has 4 nitrogen and oxygen atoms in total. The normalized spacial score (nSPS) is 12.2. The summed E-state index contributed by atoms with van der Waals surface area (Å²) in [5, 5.41) is 13.8. The number of aryl methyl sites for hydroxylation is 2. The summed E-state index contributed by atoms with van der Waals surface area (Å²) in [7, 11) is 0. The highest BCUT2D eigenvalue weighted by Crippen LogP contribution is 2.45. The van der Waals surface area contributed by atoms with Crippen molar-refractivity contribution >= 4 is 21.8 Å². The lowest BCUT2D eigenvalue weighted by molar-refractivity contribution is 0.477. The summed E-state index contributed by atoms with van der Waals surface area (Å²) in [4.78, 5) is 11.0. The van der Waals surface area contributed by atoms with Gasteiger partial charge in [0.25, 0.3) is 0 Å². The van der Waals surface area contributed by atoms with Crippen molar-refractivity contribution in [2.75, 3.05) is 0 Å². The molecule has 7 aromatic carbocycles. The molecule has 246 valence electrons. The van der Waals surface area contributed by atoms with Gasteiger partial charge in [-0.15, -0.1) is 0 Å². The lowest BCUT2D eigenvalue weighted by Gasteiger charge is -2.22. The second-order valence-corrected chi connectivity index (χ2v) is 13.4. The van der Waals surface area contributed by atoms with Crippen molar-refractivity contribution in [1.29, 1.82) is 0 Å². The molecule has 0 unspecified atom stereocenters. The van der Waals surface area contributed by atoms with Crippen LogP contribution in [0.3, 0.4) is 0 Å². The number of para-hydroxylation sites is 3. The summed E-state index contributed by atoms with van der Waals surface area (Å²) in [5.74, 6) is 0.835. The van der Waals surface area contributed by atoms with Crippen LogP contribution in [0.1, 0.15) is 11.1 Å². The molecule has 1 aliphatic rings. The number of hydrogen-bond acceptors (Lipinski definition) is 3. The molecular weight excluding hydrogens is 635 g/mol. The number of phenols is 1. The molecule has 2 heterocycles. The molecule has 0 atom stereocenters. The van der Waals surface area contributed by atoms with Crippen LogP contribution in [0.15, 0.2) is 170 Å². The van der Waals surface area contributed by atoms with Gasteiger partial charge < -0.3 is 5.11 Å². The molecule has 9 aromatic rings. The Hall–Kier alpha value is -6.78. The van der Waals surface area contributed by atoms with E-state index >= 15 is 0 Å². The van der Waals surface area contributed by atoms with Crippen molar-refractivity contribution in [2.24, 2.45) is 0 Å². The third kappa shape index (κ3) is 4.76. The monoisotopic (exact) mass is 667 g/mol. The Bertz CT molecular complexity index is 2740. The zero-order chi connectivity index (χ0) is 34.6. The number of benzene rings is 7. The van der Waals surface area contributed by atoms with Crippen LogP contribution in [0.4, 0.5) is 0 Å². The van der Waals surface area contributed by atoms with E-state index in [2.05, 4.69) is 138 Å². The predicted molar refractivity (Wildman–Crippen MR) is 213 cm³/mol. The van der Waals surface area contributed by atoms with Gasteiger partial charge in [0.05, 0.1) is 33.7 Å². The minimum absolute atomic E-state index is 0.174. The molecule has 0 aliphatic heterocycles. The Kier molecular flexibility index (Phi) is 7.07. The molecular formula is C48H33N3O. The number of aromatic hydroxyl groups is 1. The maximum Gasteiger partial charge on any atom is 0.149 e. The molecule has 0 saturated carbocycles. The van der Waals surface area contributed by atoms with E-state index in [9.17, 15) is 5.11 Å². The first-order valence-electron chi connectivity index (χ1n) is 17.8. The molecule has 0 bridgehead atoms. The van der Waals surface area contributed by atoms with Crippen LogP contribution >= 0.6 is 0 Å². The number of hydrogen-bond donors (Lipinski definition) is 1. The highest BCUT2D eigenvalue weighted by Gasteiger charge is 2.27. The number of rotatable bonds is 5. The van der Waals surface area contributed by atoms with Gasteiger partial charge >= 0.3 is 0 Å². The van der Waals surface area contributed by atoms with Gasteiger partial charge in [0, 0.05) is 27.6 Å². The number of aromatic nitrogens is 3. The maximum atomic E-state index is 11.4. The van der Waals surface area contributed by atoms with Crippen LogP contribution in [0.25, 0.3) is 83.6 Å². The summed E-state index contributed by atoms with van der Waals surface area (Å²) in [6.45, 7) is 0. The van der Waals surface area contributed by atoms with Gasteiger partial charge in [-0.25, -0.2) is 9.97 Å². The second-order valence-electron chi connectivity index (χ2n) is 13.4. The SMILES string of the molecule is Oc1ccccc1-c1nc2c(-c3nc4c(c5ccccc35)CCc3ccccc3-4)cccc2n1-c1c(-c2ccccc2)cccc1-c1ccccc1. The van der Waals surface area contributed by atoms with E-state index in [0.29, 0.717) is 11.4 Å². The zero-order valence-electron chi connectivity index (χ0n) is 28.4. The van der Waals surface area contributed by atoms with E-state index in [0.717, 1.165) is 74.2 Å². The Morgan fingerprint density at radius 2 is 1.02 bits per heavy atom. The summed E-state index contributed by atoms with van der Waals surface area (Å²) in [6, 6.07) is 58.7. The molecule has 0 amide bonds. The second kappa shape index (κ2) is 12.2. The molecule has 0 saturated heterocycles. The van der Waals surface area contributed by atoms with Crippen LogP contribution in [0, 0.1) is 0 Å². The van der Waals surface area contributed by atoms with Gasteiger partial charge in [0.15, 0.2) is 0 Å². The van der Waals surface area contributed by atoms with Gasteiger partial charge in [0.1, 0.15) is 11.6 Å². The Labute approximate surface area is 302 Å². The highest BCUT2D eigenvalue weighted by atomic mass is 16.3. The fourth-order valence-corrected chi connectivity index (χ4v) is 8.08. The van der Waals surface area contributed by atoms with Gasteiger partial charge in [0.2, 0.25) is 0 Å². The third-order valence-corrected chi connectivity index (χ3v) is 10.4. The molecule has 4 heteroatoms. The van der Waals surface area contributed by atoms with Gasteiger partial charge in [-0.2, -0.15) is 0 Å². The summed E-state index contributed by atoms with van der Waals surface area (Å²) >= 11 is 0. The lowest BCUT2D eigenvalue weighted by Crippen LogP contribution is -2.07. The van der Waals surface area contributed by atoms with E-state index in [4.69, 9.17) is 9.97 Å². The number of fused-ring (bicyclic) bond motifs is 6. The number of nitrogens with zero attached hydrogens (tertiary/aromatic N) is 3. The molecule has 1 N–H and O–H groups in total. The molecule has 10 rings (SSSR count). The average Bonchev–Trinajstić information content (AvgIpc) is 3.60. The summed E-state index contributed by atoms with van der Waals surface area (Å²) in [6.07, 6.45) is 1.96. The van der Waals surface area contributed by atoms with Crippen molar-refractivity contribution in [3.05, 3.63) is 181 Å². The maximum absolute atomic E-state index is 11.4. The first-order valence-corrected chi connectivity index (χ1v) is 17.8. The molecule has 0 spiro atoms. The predicted octanol–water partition coefficient (Wildman–Crippen LogP) is 11.7. The van der Waals surface area contributed by atoms with Crippen LogP contribution in [0.5, 0.6) is 5.75 Å². The number of pyridine rings is 1. The van der Waals surface area contributed by atoms with E-state index < -0.39 is 0 Å². The van der Waals surface area contributed by atoms with Crippen molar-refractivity contribution in [2.45, 2.75) is 12.8 Å². The minimum atomic E-state index is 0.174. The molecule has 1 aliphatic carbocycles. The van der Waals surface area contributed by atoms with Crippen molar-refractivity contribution < 1.29 is 5.11 Å². The Morgan fingerprint density at radius 3 is 1.75 bits per heavy atom. The fourth-order valence-electron chi connectivity index (χ4n) is 8.08. The van der Waals surface area contributed by atoms with Gasteiger partial charge in [-0.1, -0.05) is 152 Å². The van der Waals surface area contributed by atoms with Gasteiger partial charge in [-0.3, -0.25) is 4.57 Å². The van der Waals surface area contributed by atoms with Gasteiger partial charge in [-0.05, 0) is 58.7 Å². The van der Waals surface area contributed by atoms with Crippen LogP contribution in [0.2, 0.25) is 0 Å². The summed E-state index contributed by atoms with van der Waals surface area (Å²) in [5.41, 5.74) is 14.5. The Balaban J connectivity index is 1.33. The quantitative estimate of drug-likeness (QED) is 0.199. The summed E-state index contributed by atoms with van der Waals surface area (Å²) < 4.78 is 2.24. The molecule has 0 radical (unpaired) electrons. The zero-order valence-corrected chi connectivity index (χ0v) is 28.4. The van der Waals surface area contributed by atoms with Crippen LogP contribution in [-0.4, -0.2) is 19.6 Å². The lowest BCUT2D eigenvalue weighted by atomic mass is 9.85. The van der Waals surface area contributed by atoms with Crippen molar-refractivity contribution in [3.8, 4) is 67.6 Å². The van der Waals surface area contributed by atoms with E-state index in [1.807, 2.05) is 30.3 Å². The third-order valence-electron chi connectivity index (χ3n) is 10.4. The first-order chi connectivity index (χ1) is 25.7.